The molecule has 9 heteroatoms. The van der Waals surface area contributed by atoms with E-state index in [4.69, 9.17) is 31.6 Å². The summed E-state index contributed by atoms with van der Waals surface area (Å²) in [6.07, 6.45) is 0. The molecule has 0 aliphatic carbocycles. The monoisotopic (exact) mass is 426 g/mol. The minimum atomic E-state index is -6.75. The molecule has 0 saturated heterocycles. The second-order valence-electron chi connectivity index (χ2n) is 1.80. The standard InChI is InChI=1S/6CN.2K.Os/c6*1-2;;;/q;;;;;;2*+1;-2. The zero-order valence-corrected chi connectivity index (χ0v) is 16.8. The van der Waals surface area contributed by atoms with Crippen molar-refractivity contribution in [3.8, 4) is 27.7 Å². The van der Waals surface area contributed by atoms with E-state index in [1.807, 2.05) is 0 Å². The molecule has 0 fully saturated rings. The van der Waals surface area contributed by atoms with Crippen LogP contribution in [0.4, 0.5) is 0 Å². The first kappa shape index (κ1) is 21.2. The van der Waals surface area contributed by atoms with Gasteiger partial charge in [-0.15, -0.1) is 0 Å². The van der Waals surface area contributed by atoms with Gasteiger partial charge in [-0.1, -0.05) is 0 Å². The molecule has 0 N–H and O–H groups in total. The summed E-state index contributed by atoms with van der Waals surface area (Å²) < 4.78 is 6.47. The van der Waals surface area contributed by atoms with Crippen molar-refractivity contribution >= 4 is 0 Å². The Kier molecular flexibility index (Phi) is 8.42. The summed E-state index contributed by atoms with van der Waals surface area (Å²) in [6.45, 7) is 0. The number of nitrogens with zero attached hydrogens (tertiary/aromatic N) is 6. The Morgan fingerprint density at radius 2 is 0.600 bits per heavy atom. The van der Waals surface area contributed by atoms with Crippen molar-refractivity contribution in [2.45, 2.75) is 0 Å². The van der Waals surface area contributed by atoms with Crippen LogP contribution in [0.3, 0.4) is 0 Å². The number of rotatable bonds is 0. The van der Waals surface area contributed by atoms with Crippen LogP contribution in [0.5, 0.6) is 0 Å². The number of nitriles is 6. The minimum absolute atomic E-state index is 0. The van der Waals surface area contributed by atoms with Crippen LogP contribution in [0.1, 0.15) is 0 Å². The molecule has 0 spiro atoms. The van der Waals surface area contributed by atoms with Gasteiger partial charge in [0.1, 0.15) is 0 Å². The average Bonchev–Trinajstić information content (AvgIpc) is 2.26. The van der Waals surface area contributed by atoms with Crippen molar-refractivity contribution in [2.75, 3.05) is 0 Å². The van der Waals surface area contributed by atoms with Gasteiger partial charge < -0.3 is 0 Å². The van der Waals surface area contributed by atoms with Crippen molar-refractivity contribution in [1.29, 1.82) is 31.6 Å². The maximum absolute atomic E-state index is 8.60. The normalized spacial score (nSPS) is 11.6. The Morgan fingerprint density at radius 3 is 0.600 bits per heavy atom. The molecule has 0 aromatic carbocycles. The van der Waals surface area contributed by atoms with Crippen molar-refractivity contribution in [3.63, 3.8) is 0 Å². The molecular formula is C6K2N6Os. The summed E-state index contributed by atoms with van der Waals surface area (Å²) >= 11 is -6.75. The van der Waals surface area contributed by atoms with Crippen LogP contribution in [-0.4, -0.2) is 0 Å². The molecule has 6 nitrogen and oxygen atoms in total. The number of hydrogen-bond acceptors (Lipinski definition) is 6. The van der Waals surface area contributed by atoms with Gasteiger partial charge in [-0.05, 0) is 0 Å². The Labute approximate surface area is 170 Å². The van der Waals surface area contributed by atoms with E-state index >= 15 is 0 Å². The summed E-state index contributed by atoms with van der Waals surface area (Å²) in [4.78, 5) is 0. The minimum Gasteiger partial charge on any atom is 1.00 e. The first-order chi connectivity index (χ1) is 5.97. The van der Waals surface area contributed by atoms with E-state index in [0.29, 0.717) is 0 Å². The second-order valence-corrected chi connectivity index (χ2v) is 14.7. The Bertz CT molecular complexity index is 395. The molecule has 0 heterocycles. The second kappa shape index (κ2) is 5.97. The van der Waals surface area contributed by atoms with Crippen LogP contribution in [0.25, 0.3) is 0 Å². The molecule has 0 aromatic rings. The predicted molar refractivity (Wildman–Crippen MR) is 33.7 cm³/mol. The summed E-state index contributed by atoms with van der Waals surface area (Å²) in [5, 5.41) is 51.6. The first-order valence-corrected chi connectivity index (χ1v) is 10.0. The van der Waals surface area contributed by atoms with Gasteiger partial charge in [0.2, 0.25) is 0 Å². The van der Waals surface area contributed by atoms with E-state index < -0.39 is 12.6 Å². The summed E-state index contributed by atoms with van der Waals surface area (Å²) in [7, 11) is 0. The van der Waals surface area contributed by atoms with Gasteiger partial charge in [0, 0.05) is 0 Å². The fourth-order valence-electron chi connectivity index (χ4n) is 0.265. The van der Waals surface area contributed by atoms with Gasteiger partial charge in [0.25, 0.3) is 0 Å². The molecular weight excluding hydrogens is 425 g/mol. The van der Waals surface area contributed by atoms with E-state index in [1.54, 1.807) is 0 Å². The van der Waals surface area contributed by atoms with E-state index in [2.05, 4.69) is 0 Å². The van der Waals surface area contributed by atoms with Crippen LogP contribution in [0.2, 0.25) is 0 Å². The maximum atomic E-state index is 8.60. The largest absolute Gasteiger partial charge is 1.00 e. The third kappa shape index (κ3) is 2.58. The molecule has 64 valence electrons. The van der Waals surface area contributed by atoms with E-state index in [9.17, 15) is 0 Å². The topological polar surface area (TPSA) is 143 Å². The molecule has 0 unspecified atom stereocenters. The molecule has 0 aliphatic rings. The molecule has 0 aliphatic heterocycles. The van der Waals surface area contributed by atoms with Gasteiger partial charge in [-0.3, -0.25) is 0 Å². The molecule has 0 atom stereocenters. The van der Waals surface area contributed by atoms with Gasteiger partial charge >= 0.3 is 175 Å². The zero-order chi connectivity index (χ0) is 10.7. The summed E-state index contributed by atoms with van der Waals surface area (Å²) in [6, 6.07) is 0. The third-order valence-electron chi connectivity index (χ3n) is 1.19. The summed E-state index contributed by atoms with van der Waals surface area (Å²) in [5.41, 5.74) is 0. The molecule has 0 saturated carbocycles. The smallest absolute Gasteiger partial charge is 1.00 e. The molecule has 0 bridgehead atoms. The van der Waals surface area contributed by atoms with Gasteiger partial charge in [0.05, 0.1) is 0 Å². The van der Waals surface area contributed by atoms with Gasteiger partial charge in [-0.2, -0.15) is 0 Å². The predicted octanol–water partition coefficient (Wildman–Crippen LogP) is -5.89. The molecule has 0 amide bonds. The third-order valence-corrected chi connectivity index (χ3v) is 9.71. The molecule has 0 aromatic heterocycles. The fourth-order valence-corrected chi connectivity index (χ4v) is 2.17. The van der Waals surface area contributed by atoms with Crippen LogP contribution in [0.15, 0.2) is 0 Å². The van der Waals surface area contributed by atoms with E-state index in [1.165, 1.54) is 0 Å². The Hall–Kier alpha value is 0.849. The van der Waals surface area contributed by atoms with Crippen LogP contribution in [0, 0.1) is 59.3 Å². The summed E-state index contributed by atoms with van der Waals surface area (Å²) in [5.74, 6) is 0. The van der Waals surface area contributed by atoms with Gasteiger partial charge in [-0.25, -0.2) is 0 Å². The quantitative estimate of drug-likeness (QED) is 0.354. The molecule has 0 radical (unpaired) electrons. The Morgan fingerprint density at radius 1 is 0.467 bits per heavy atom. The van der Waals surface area contributed by atoms with Gasteiger partial charge in [0.15, 0.2) is 0 Å². The fraction of sp³-hybridized carbons (Fsp3) is 0. The Balaban J connectivity index is -0.000000720. The van der Waals surface area contributed by atoms with Crippen molar-refractivity contribution in [1.82, 2.24) is 0 Å². The van der Waals surface area contributed by atoms with E-state index in [-0.39, 0.29) is 103 Å². The average molecular weight is 425 g/mol. The maximum Gasteiger partial charge on any atom is 1.00 e. The van der Waals surface area contributed by atoms with E-state index in [0.717, 1.165) is 27.7 Å². The van der Waals surface area contributed by atoms with Crippen LogP contribution < -0.4 is 103 Å². The van der Waals surface area contributed by atoms with Crippen LogP contribution >= 0.6 is 0 Å². The zero-order valence-electron chi connectivity index (χ0n) is 8.04. The molecule has 0 rings (SSSR count). The van der Waals surface area contributed by atoms with Crippen molar-refractivity contribution in [2.24, 2.45) is 0 Å². The van der Waals surface area contributed by atoms with Crippen LogP contribution in [-0.2, 0) is 12.6 Å². The van der Waals surface area contributed by atoms with Crippen molar-refractivity contribution < 1.29 is 115 Å². The molecule has 15 heavy (non-hydrogen) atoms. The number of hydrogen-bond donors (Lipinski definition) is 0. The first-order valence-electron chi connectivity index (χ1n) is 2.40. The van der Waals surface area contributed by atoms with Crippen molar-refractivity contribution in [3.05, 3.63) is 0 Å². The SMILES string of the molecule is N#[C][Os-2]([C]#N)([C]#N)([C]#N)([C]#N)[C]#N.[K+].[K+].